The summed E-state index contributed by atoms with van der Waals surface area (Å²) in [4.78, 5) is 25.9. The van der Waals surface area contributed by atoms with E-state index in [1.807, 2.05) is 38.2 Å². The van der Waals surface area contributed by atoms with Crippen LogP contribution in [0.3, 0.4) is 0 Å². The fourth-order valence-electron chi connectivity index (χ4n) is 3.45. The molecule has 0 fully saturated rings. The third-order valence-corrected chi connectivity index (χ3v) is 4.96. The summed E-state index contributed by atoms with van der Waals surface area (Å²) in [5.74, 6) is -0.281. The van der Waals surface area contributed by atoms with Gasteiger partial charge in [0.1, 0.15) is 5.82 Å². The van der Waals surface area contributed by atoms with Gasteiger partial charge in [0, 0.05) is 24.3 Å². The van der Waals surface area contributed by atoms with Gasteiger partial charge in [-0.15, -0.1) is 0 Å². The van der Waals surface area contributed by atoms with Crippen molar-refractivity contribution in [2.24, 2.45) is 7.05 Å². The maximum atomic E-state index is 13.4. The van der Waals surface area contributed by atoms with Crippen molar-refractivity contribution in [2.45, 2.75) is 13.5 Å². The normalized spacial score (nSPS) is 12.8. The molecule has 0 unspecified atom stereocenters. The van der Waals surface area contributed by atoms with Crippen molar-refractivity contribution < 1.29 is 14.7 Å². The Morgan fingerprint density at radius 3 is 2.76 bits per heavy atom. The van der Waals surface area contributed by atoms with E-state index >= 15 is 0 Å². The lowest BCUT2D eigenvalue weighted by Crippen LogP contribution is -2.30. The summed E-state index contributed by atoms with van der Waals surface area (Å²) < 4.78 is 1.76. The van der Waals surface area contributed by atoms with Crippen LogP contribution in [0.4, 0.5) is 17.2 Å². The van der Waals surface area contributed by atoms with Gasteiger partial charge in [0.15, 0.2) is 0 Å². The Morgan fingerprint density at radius 1 is 1.21 bits per heavy atom. The lowest BCUT2D eigenvalue weighted by atomic mass is 10.0. The Hall–Kier alpha value is -3.87. The molecule has 0 radical (unpaired) electrons. The Morgan fingerprint density at radius 2 is 2.00 bits per heavy atom. The molecule has 1 aromatic heterocycles. The summed E-state index contributed by atoms with van der Waals surface area (Å²) in [6, 6.07) is 12.9. The Balaban J connectivity index is 1.73. The summed E-state index contributed by atoms with van der Waals surface area (Å²) in [5.41, 5.74) is 4.68. The van der Waals surface area contributed by atoms with Crippen LogP contribution in [0.25, 0.3) is 6.08 Å². The zero-order valence-electron chi connectivity index (χ0n) is 16.1. The second-order valence-electron chi connectivity index (χ2n) is 6.92. The lowest BCUT2D eigenvalue weighted by molar-refractivity contribution is -0.131. The monoisotopic (exact) mass is 388 g/mol. The highest BCUT2D eigenvalue weighted by molar-refractivity contribution is 6.08. The molecule has 0 saturated carbocycles. The molecular weight excluding hydrogens is 368 g/mol. The fraction of sp³-hybridized carbons (Fsp3) is 0.136. The molecule has 1 aliphatic rings. The number of amides is 1. The van der Waals surface area contributed by atoms with Crippen molar-refractivity contribution in [1.29, 1.82) is 0 Å². The quantitative estimate of drug-likeness (QED) is 0.668. The first-order valence-electron chi connectivity index (χ1n) is 9.14. The van der Waals surface area contributed by atoms with E-state index in [1.165, 1.54) is 6.08 Å². The van der Waals surface area contributed by atoms with Crippen molar-refractivity contribution >= 4 is 35.1 Å². The minimum atomic E-state index is -1.01. The van der Waals surface area contributed by atoms with Crippen molar-refractivity contribution in [2.75, 3.05) is 10.2 Å². The molecule has 2 N–H and O–H groups in total. The maximum absolute atomic E-state index is 13.4. The number of carboxylic acids is 1. The summed E-state index contributed by atoms with van der Waals surface area (Å²) in [7, 11) is 1.86. The van der Waals surface area contributed by atoms with E-state index in [2.05, 4.69) is 10.4 Å². The van der Waals surface area contributed by atoms with Gasteiger partial charge in [-0.3, -0.25) is 9.48 Å². The van der Waals surface area contributed by atoms with Crippen LogP contribution in [0, 0.1) is 6.92 Å². The number of aliphatic carboxylic acids is 1. The number of fused-ring (bicyclic) bond motifs is 2. The van der Waals surface area contributed by atoms with Gasteiger partial charge >= 0.3 is 5.97 Å². The molecule has 4 rings (SSSR count). The number of nitrogens with one attached hydrogen (secondary N) is 1. The second kappa shape index (κ2) is 7.27. The third kappa shape index (κ3) is 3.50. The van der Waals surface area contributed by atoms with Crippen LogP contribution in [-0.4, -0.2) is 26.8 Å². The number of benzene rings is 2. The van der Waals surface area contributed by atoms with Gasteiger partial charge in [0.25, 0.3) is 5.91 Å². The van der Waals surface area contributed by atoms with Gasteiger partial charge < -0.3 is 15.3 Å². The van der Waals surface area contributed by atoms with Gasteiger partial charge in [-0.2, -0.15) is 5.10 Å². The summed E-state index contributed by atoms with van der Waals surface area (Å²) in [6.45, 7) is 2.25. The summed E-state index contributed by atoms with van der Waals surface area (Å²) in [6.07, 6.45) is 4.38. The number of anilines is 3. The number of hydrogen-bond donors (Lipinski definition) is 2. The highest BCUT2D eigenvalue weighted by Gasteiger charge is 2.26. The van der Waals surface area contributed by atoms with E-state index < -0.39 is 5.97 Å². The molecule has 2 aromatic carbocycles. The molecule has 7 nitrogen and oxygen atoms in total. The first kappa shape index (κ1) is 18.5. The molecule has 1 aliphatic heterocycles. The number of rotatable bonds is 3. The molecule has 7 heteroatoms. The average Bonchev–Trinajstić information content (AvgIpc) is 2.95. The van der Waals surface area contributed by atoms with Crippen LogP contribution in [0.5, 0.6) is 0 Å². The number of carboxylic acid groups (broad SMARTS) is 1. The first-order chi connectivity index (χ1) is 13.9. The maximum Gasteiger partial charge on any atom is 0.328 e. The van der Waals surface area contributed by atoms with Gasteiger partial charge in [-0.25, -0.2) is 4.79 Å². The molecule has 0 saturated heterocycles. The molecule has 0 spiro atoms. The molecule has 29 heavy (non-hydrogen) atoms. The van der Waals surface area contributed by atoms with E-state index in [9.17, 15) is 9.59 Å². The molecule has 146 valence electrons. The van der Waals surface area contributed by atoms with Crippen molar-refractivity contribution in [3.05, 3.63) is 77.0 Å². The van der Waals surface area contributed by atoms with Crippen LogP contribution < -0.4 is 10.2 Å². The number of aromatic nitrogens is 2. The average molecular weight is 388 g/mol. The SMILES string of the molecule is Cc1cc(C(=O)N2Cc3cnn(C)c3Nc3ccccc32)ccc1C=CC(=O)O. The third-order valence-electron chi connectivity index (χ3n) is 4.96. The lowest BCUT2D eigenvalue weighted by Gasteiger charge is -2.23. The van der Waals surface area contributed by atoms with Gasteiger partial charge in [-0.05, 0) is 48.4 Å². The minimum Gasteiger partial charge on any atom is -0.478 e. The molecule has 3 aromatic rings. The van der Waals surface area contributed by atoms with E-state index in [-0.39, 0.29) is 5.91 Å². The van der Waals surface area contributed by atoms with Gasteiger partial charge in [-0.1, -0.05) is 18.2 Å². The van der Waals surface area contributed by atoms with Crippen molar-refractivity contribution in [3.63, 3.8) is 0 Å². The summed E-state index contributed by atoms with van der Waals surface area (Å²) in [5, 5.41) is 16.5. The predicted octanol–water partition coefficient (Wildman–Crippen LogP) is 3.73. The smallest absolute Gasteiger partial charge is 0.328 e. The number of hydrogen-bond acceptors (Lipinski definition) is 4. The zero-order valence-corrected chi connectivity index (χ0v) is 16.1. The number of carbonyl (C=O) groups is 2. The van der Waals surface area contributed by atoms with Crippen LogP contribution >= 0.6 is 0 Å². The van der Waals surface area contributed by atoms with E-state index in [0.717, 1.165) is 40.0 Å². The Kier molecular flexibility index (Phi) is 4.64. The molecule has 2 heterocycles. The Labute approximate surface area is 167 Å². The van der Waals surface area contributed by atoms with Crippen LogP contribution in [-0.2, 0) is 18.4 Å². The molecule has 0 aliphatic carbocycles. The van der Waals surface area contributed by atoms with Crippen molar-refractivity contribution in [1.82, 2.24) is 9.78 Å². The van der Waals surface area contributed by atoms with E-state index in [0.29, 0.717) is 12.1 Å². The van der Waals surface area contributed by atoms with E-state index in [4.69, 9.17) is 5.11 Å². The first-order valence-corrected chi connectivity index (χ1v) is 9.14. The van der Waals surface area contributed by atoms with Crippen LogP contribution in [0.1, 0.15) is 27.0 Å². The molecule has 1 amide bonds. The van der Waals surface area contributed by atoms with E-state index in [1.54, 1.807) is 34.0 Å². The molecule has 0 atom stereocenters. The Bertz CT molecular complexity index is 1150. The summed E-state index contributed by atoms with van der Waals surface area (Å²) >= 11 is 0. The highest BCUT2D eigenvalue weighted by Crippen LogP contribution is 2.36. The largest absolute Gasteiger partial charge is 0.478 e. The standard InChI is InChI=1S/C22H20N4O3/c1-14-11-16(8-7-15(14)9-10-20(27)28)22(29)26-13-17-12-23-25(2)21(17)24-18-5-3-4-6-19(18)26/h3-12,24H,13H2,1-2H3,(H,27,28). The molecule has 0 bridgehead atoms. The van der Waals surface area contributed by atoms with Gasteiger partial charge in [0.2, 0.25) is 0 Å². The predicted molar refractivity (Wildman–Crippen MR) is 111 cm³/mol. The number of nitrogens with zero attached hydrogens (tertiary/aromatic N) is 3. The second-order valence-corrected chi connectivity index (χ2v) is 6.92. The topological polar surface area (TPSA) is 87.5 Å². The van der Waals surface area contributed by atoms with Crippen molar-refractivity contribution in [3.8, 4) is 0 Å². The minimum absolute atomic E-state index is 0.132. The number of para-hydroxylation sites is 2. The van der Waals surface area contributed by atoms with Gasteiger partial charge in [0.05, 0.1) is 24.1 Å². The van der Waals surface area contributed by atoms with Crippen LogP contribution in [0.2, 0.25) is 0 Å². The highest BCUT2D eigenvalue weighted by atomic mass is 16.4. The number of aryl methyl sites for hydroxylation is 2. The molecular formula is C22H20N4O3. The van der Waals surface area contributed by atoms with Crippen LogP contribution in [0.15, 0.2) is 54.7 Å². The zero-order chi connectivity index (χ0) is 20.5. The number of carbonyl (C=O) groups excluding carboxylic acids is 1. The fourth-order valence-corrected chi connectivity index (χ4v) is 3.45.